The molecule has 0 spiro atoms. The number of amides is 1. The lowest BCUT2D eigenvalue weighted by atomic mass is 10.4. The highest BCUT2D eigenvalue weighted by Gasteiger charge is 2.14. The first-order valence-corrected chi connectivity index (χ1v) is 4.08. The number of nitrogens with two attached hydrogens (primary N) is 1. The van der Waals surface area contributed by atoms with Gasteiger partial charge in [0.2, 0.25) is 5.91 Å². The van der Waals surface area contributed by atoms with Crippen molar-refractivity contribution in [1.82, 2.24) is 10.6 Å². The summed E-state index contributed by atoms with van der Waals surface area (Å²) in [6, 6.07) is 0. The third-order valence-corrected chi connectivity index (χ3v) is 1.80. The molecule has 1 aliphatic rings. The van der Waals surface area contributed by atoms with Crippen molar-refractivity contribution in [3.63, 3.8) is 0 Å². The maximum Gasteiger partial charge on any atom is 0.249 e. The highest BCUT2D eigenvalue weighted by molar-refractivity contribution is 7.99. The van der Waals surface area contributed by atoms with E-state index in [0.717, 1.165) is 0 Å². The molecule has 0 unspecified atom stereocenters. The van der Waals surface area contributed by atoms with E-state index in [0.29, 0.717) is 5.82 Å². The average Bonchev–Trinajstić information content (AvgIpc) is 1.85. The highest BCUT2D eigenvalue weighted by atomic mass is 32.2. The van der Waals surface area contributed by atoms with Crippen LogP contribution in [0.2, 0.25) is 0 Å². The van der Waals surface area contributed by atoms with E-state index in [1.165, 1.54) is 17.8 Å². The first-order valence-electron chi connectivity index (χ1n) is 2.79. The molecule has 0 aliphatic carbocycles. The highest BCUT2D eigenvalue weighted by Crippen LogP contribution is 2.03. The zero-order chi connectivity index (χ0) is 7.56. The quantitative estimate of drug-likeness (QED) is 0.466. The number of thioether (sulfide) groups is 1. The van der Waals surface area contributed by atoms with Gasteiger partial charge in [-0.2, -0.15) is 0 Å². The van der Waals surface area contributed by atoms with Gasteiger partial charge in [0.15, 0.2) is 0 Å². The molecule has 1 atom stereocenters. The summed E-state index contributed by atoms with van der Waals surface area (Å²) in [7, 11) is 0. The van der Waals surface area contributed by atoms with Gasteiger partial charge in [0, 0.05) is 6.08 Å². The van der Waals surface area contributed by atoms with Crippen LogP contribution in [0.3, 0.4) is 0 Å². The fourth-order valence-corrected chi connectivity index (χ4v) is 1.15. The van der Waals surface area contributed by atoms with Gasteiger partial charge in [-0.3, -0.25) is 4.79 Å². The van der Waals surface area contributed by atoms with Gasteiger partial charge in [0.05, 0.1) is 0 Å². The molecule has 1 aliphatic heterocycles. The largest absolute Gasteiger partial charge is 0.385 e. The third-order valence-electron chi connectivity index (χ3n) is 1.09. The monoisotopic (exact) mass is 159 g/mol. The van der Waals surface area contributed by atoms with Gasteiger partial charge in [-0.1, -0.05) is 0 Å². The van der Waals surface area contributed by atoms with Crippen LogP contribution < -0.4 is 16.4 Å². The summed E-state index contributed by atoms with van der Waals surface area (Å²) in [6.45, 7) is 0. The molecule has 0 aromatic rings. The van der Waals surface area contributed by atoms with E-state index in [-0.39, 0.29) is 11.4 Å². The van der Waals surface area contributed by atoms with E-state index in [4.69, 9.17) is 5.73 Å². The molecule has 0 fully saturated rings. The summed E-state index contributed by atoms with van der Waals surface area (Å²) in [5, 5.41) is 5.52. The molecule has 0 saturated carbocycles. The molecule has 1 rings (SSSR count). The normalized spacial score (nSPS) is 24.7. The molecule has 1 amide bonds. The summed E-state index contributed by atoms with van der Waals surface area (Å²) in [4.78, 5) is 10.7. The van der Waals surface area contributed by atoms with Gasteiger partial charge in [-0.15, -0.1) is 11.8 Å². The summed E-state index contributed by atoms with van der Waals surface area (Å²) in [5.41, 5.74) is 5.28. The molecule has 4 nitrogen and oxygen atoms in total. The fraction of sp³-hybridized carbons (Fsp3) is 0.400. The molecule has 10 heavy (non-hydrogen) atoms. The number of nitrogens with one attached hydrogen (secondary N) is 2. The average molecular weight is 159 g/mol. The van der Waals surface area contributed by atoms with E-state index >= 15 is 0 Å². The minimum absolute atomic E-state index is 0.0856. The predicted octanol–water partition coefficient (Wildman–Crippen LogP) is -0.847. The molecule has 56 valence electrons. The van der Waals surface area contributed by atoms with Crippen LogP contribution in [0.25, 0.3) is 0 Å². The van der Waals surface area contributed by atoms with E-state index in [9.17, 15) is 4.79 Å². The zero-order valence-electron chi connectivity index (χ0n) is 5.55. The van der Waals surface area contributed by atoms with E-state index < -0.39 is 0 Å². The molecule has 0 aromatic heterocycles. The Balaban J connectivity index is 2.60. The van der Waals surface area contributed by atoms with Crippen LogP contribution in [0.15, 0.2) is 11.9 Å². The fourth-order valence-electron chi connectivity index (χ4n) is 0.659. The smallest absolute Gasteiger partial charge is 0.249 e. The molecule has 0 bridgehead atoms. The molecule has 4 N–H and O–H groups in total. The Morgan fingerprint density at radius 2 is 2.40 bits per heavy atom. The molecular formula is C5H9N3OS. The van der Waals surface area contributed by atoms with Crippen molar-refractivity contribution in [2.24, 2.45) is 5.73 Å². The Kier molecular flexibility index (Phi) is 2.06. The number of hydrogen-bond donors (Lipinski definition) is 3. The zero-order valence-corrected chi connectivity index (χ0v) is 6.37. The Bertz CT molecular complexity index is 180. The Morgan fingerprint density at radius 1 is 1.70 bits per heavy atom. The maximum absolute atomic E-state index is 10.7. The Morgan fingerprint density at radius 3 is 2.90 bits per heavy atom. The standard InChI is InChI=1S/C5H9N3OS/c1-10-5-7-3(6)2-4(9)8-5/h2,5,7H,6H2,1H3,(H,8,9)/t5-/m1/s1. The minimum atomic E-state index is -0.143. The molecular weight excluding hydrogens is 150 g/mol. The second-order valence-corrected chi connectivity index (χ2v) is 2.81. The van der Waals surface area contributed by atoms with Crippen molar-refractivity contribution in [3.05, 3.63) is 11.9 Å². The lowest BCUT2D eigenvalue weighted by molar-refractivity contribution is -0.117. The van der Waals surface area contributed by atoms with Crippen LogP contribution in [0.1, 0.15) is 0 Å². The summed E-state index contributed by atoms with van der Waals surface area (Å²) >= 11 is 1.49. The van der Waals surface area contributed by atoms with Gasteiger partial charge < -0.3 is 16.4 Å². The Hall–Kier alpha value is -0.840. The van der Waals surface area contributed by atoms with Crippen molar-refractivity contribution in [2.45, 2.75) is 5.50 Å². The van der Waals surface area contributed by atoms with Gasteiger partial charge in [-0.05, 0) is 6.26 Å². The number of carbonyl (C=O) groups is 1. The Labute approximate surface area is 63.2 Å². The second kappa shape index (κ2) is 2.83. The molecule has 0 saturated heterocycles. The first-order chi connectivity index (χ1) is 4.72. The van der Waals surface area contributed by atoms with Gasteiger partial charge in [0.1, 0.15) is 11.3 Å². The van der Waals surface area contributed by atoms with Crippen LogP contribution >= 0.6 is 11.8 Å². The van der Waals surface area contributed by atoms with Crippen molar-refractivity contribution >= 4 is 17.7 Å². The lowest BCUT2D eigenvalue weighted by Gasteiger charge is -2.22. The van der Waals surface area contributed by atoms with E-state index in [1.54, 1.807) is 0 Å². The topological polar surface area (TPSA) is 67.2 Å². The maximum atomic E-state index is 10.7. The summed E-state index contributed by atoms with van der Waals surface area (Å²) < 4.78 is 0. The van der Waals surface area contributed by atoms with Crippen LogP contribution in [0.5, 0.6) is 0 Å². The van der Waals surface area contributed by atoms with Crippen LogP contribution in [0.4, 0.5) is 0 Å². The van der Waals surface area contributed by atoms with Crippen molar-refractivity contribution in [2.75, 3.05) is 6.26 Å². The lowest BCUT2D eigenvalue weighted by Crippen LogP contribution is -2.47. The van der Waals surface area contributed by atoms with E-state index in [2.05, 4.69) is 10.6 Å². The first kappa shape index (κ1) is 7.27. The van der Waals surface area contributed by atoms with E-state index in [1.807, 2.05) is 6.26 Å². The van der Waals surface area contributed by atoms with Crippen molar-refractivity contribution in [1.29, 1.82) is 0 Å². The second-order valence-electron chi connectivity index (χ2n) is 1.87. The predicted molar refractivity (Wildman–Crippen MR) is 40.9 cm³/mol. The molecule has 0 aromatic carbocycles. The molecule has 1 heterocycles. The SMILES string of the molecule is CS[C@H]1NC(=O)C=C(N)N1. The van der Waals surface area contributed by atoms with Crippen LogP contribution in [0, 0.1) is 0 Å². The third kappa shape index (κ3) is 1.57. The number of carbonyl (C=O) groups excluding carboxylic acids is 1. The summed E-state index contributed by atoms with van der Waals surface area (Å²) in [6.07, 6.45) is 3.21. The van der Waals surface area contributed by atoms with Crippen LogP contribution in [-0.2, 0) is 4.79 Å². The van der Waals surface area contributed by atoms with Crippen molar-refractivity contribution < 1.29 is 4.79 Å². The van der Waals surface area contributed by atoms with Gasteiger partial charge in [-0.25, -0.2) is 0 Å². The summed E-state index contributed by atoms with van der Waals surface area (Å²) in [5.74, 6) is 0.277. The minimum Gasteiger partial charge on any atom is -0.385 e. The van der Waals surface area contributed by atoms with Gasteiger partial charge >= 0.3 is 0 Å². The van der Waals surface area contributed by atoms with Gasteiger partial charge in [0.25, 0.3) is 0 Å². The van der Waals surface area contributed by atoms with Crippen molar-refractivity contribution in [3.8, 4) is 0 Å². The molecule has 5 heteroatoms. The number of rotatable bonds is 1. The molecule has 0 radical (unpaired) electrons. The van der Waals surface area contributed by atoms with Crippen LogP contribution in [-0.4, -0.2) is 17.7 Å². The number of hydrogen-bond acceptors (Lipinski definition) is 4.